The molecule has 0 aromatic heterocycles. The number of nitriles is 1. The maximum absolute atomic E-state index is 11.2. The monoisotopic (exact) mass is 225 g/mol. The van der Waals surface area contributed by atoms with E-state index in [9.17, 15) is 8.42 Å². The van der Waals surface area contributed by atoms with Crippen LogP contribution in [0.15, 0.2) is 23.1 Å². The average molecular weight is 225 g/mol. The molecule has 15 heavy (non-hydrogen) atoms. The van der Waals surface area contributed by atoms with Crippen LogP contribution in [0.3, 0.4) is 0 Å². The van der Waals surface area contributed by atoms with Crippen LogP contribution in [0.25, 0.3) is 0 Å². The van der Waals surface area contributed by atoms with Crippen molar-refractivity contribution in [1.82, 2.24) is 0 Å². The van der Waals surface area contributed by atoms with Crippen molar-refractivity contribution >= 4 is 9.84 Å². The summed E-state index contributed by atoms with van der Waals surface area (Å²) >= 11 is 0. The SMILES string of the molecule is COCc1ccc(S(C)(=O)=O)cc1C#N. The van der Waals surface area contributed by atoms with Crippen LogP contribution in [0.5, 0.6) is 0 Å². The second-order valence-corrected chi connectivity index (χ2v) is 5.15. The molecule has 1 aromatic rings. The fourth-order valence-corrected chi connectivity index (χ4v) is 1.82. The lowest BCUT2D eigenvalue weighted by Crippen LogP contribution is -2.00. The largest absolute Gasteiger partial charge is 0.380 e. The second-order valence-electron chi connectivity index (χ2n) is 3.14. The molecule has 0 amide bonds. The van der Waals surface area contributed by atoms with Gasteiger partial charge in [0, 0.05) is 13.4 Å². The Morgan fingerprint density at radius 3 is 2.60 bits per heavy atom. The molecular weight excluding hydrogens is 214 g/mol. The highest BCUT2D eigenvalue weighted by Crippen LogP contribution is 2.16. The zero-order valence-electron chi connectivity index (χ0n) is 8.52. The van der Waals surface area contributed by atoms with Gasteiger partial charge in [-0.25, -0.2) is 8.42 Å². The van der Waals surface area contributed by atoms with E-state index in [0.717, 1.165) is 6.26 Å². The second kappa shape index (κ2) is 4.43. The van der Waals surface area contributed by atoms with Gasteiger partial charge in [0.25, 0.3) is 0 Å². The molecule has 1 rings (SSSR count). The Morgan fingerprint density at radius 2 is 2.13 bits per heavy atom. The lowest BCUT2D eigenvalue weighted by Gasteiger charge is -2.04. The van der Waals surface area contributed by atoms with Crippen LogP contribution in [0.1, 0.15) is 11.1 Å². The highest BCUT2D eigenvalue weighted by molar-refractivity contribution is 7.90. The molecule has 0 fully saturated rings. The van der Waals surface area contributed by atoms with Crippen molar-refractivity contribution in [2.75, 3.05) is 13.4 Å². The van der Waals surface area contributed by atoms with Crippen LogP contribution >= 0.6 is 0 Å². The minimum Gasteiger partial charge on any atom is -0.380 e. The Bertz CT molecular complexity index is 500. The average Bonchev–Trinajstić information content (AvgIpc) is 2.17. The van der Waals surface area contributed by atoms with Gasteiger partial charge in [-0.2, -0.15) is 5.26 Å². The number of hydrogen-bond acceptors (Lipinski definition) is 4. The van der Waals surface area contributed by atoms with E-state index in [0.29, 0.717) is 17.7 Å². The number of hydrogen-bond donors (Lipinski definition) is 0. The Hall–Kier alpha value is -1.38. The molecule has 0 heterocycles. The van der Waals surface area contributed by atoms with Crippen LogP contribution in [0.2, 0.25) is 0 Å². The first-order chi connectivity index (χ1) is 6.99. The summed E-state index contributed by atoms with van der Waals surface area (Å²) in [4.78, 5) is 0.152. The summed E-state index contributed by atoms with van der Waals surface area (Å²) in [5.41, 5.74) is 1.02. The minimum atomic E-state index is -3.26. The van der Waals surface area contributed by atoms with Crippen LogP contribution in [-0.2, 0) is 21.2 Å². The first kappa shape index (κ1) is 11.7. The van der Waals surface area contributed by atoms with Crippen molar-refractivity contribution in [3.8, 4) is 6.07 Å². The lowest BCUT2D eigenvalue weighted by molar-refractivity contribution is 0.184. The fraction of sp³-hybridized carbons (Fsp3) is 0.300. The molecule has 0 aliphatic heterocycles. The van der Waals surface area contributed by atoms with E-state index >= 15 is 0 Å². The predicted molar refractivity (Wildman–Crippen MR) is 55.0 cm³/mol. The maximum atomic E-state index is 11.2. The summed E-state index contributed by atoms with van der Waals surface area (Å²) in [6, 6.07) is 6.39. The Kier molecular flexibility index (Phi) is 3.45. The van der Waals surface area contributed by atoms with Crippen molar-refractivity contribution in [2.45, 2.75) is 11.5 Å². The van der Waals surface area contributed by atoms with Gasteiger partial charge in [-0.3, -0.25) is 0 Å². The molecule has 0 aliphatic rings. The van der Waals surface area contributed by atoms with Crippen LogP contribution in [0, 0.1) is 11.3 Å². The minimum absolute atomic E-state index is 0.152. The first-order valence-electron chi connectivity index (χ1n) is 4.21. The van der Waals surface area contributed by atoms with Crippen LogP contribution < -0.4 is 0 Å². The van der Waals surface area contributed by atoms with E-state index in [-0.39, 0.29) is 4.90 Å². The normalized spacial score (nSPS) is 11.0. The molecule has 0 bridgehead atoms. The van der Waals surface area contributed by atoms with Crippen molar-refractivity contribution in [3.63, 3.8) is 0 Å². The first-order valence-corrected chi connectivity index (χ1v) is 6.10. The Morgan fingerprint density at radius 1 is 1.47 bits per heavy atom. The Labute approximate surface area is 89.0 Å². The van der Waals surface area contributed by atoms with Crippen molar-refractivity contribution < 1.29 is 13.2 Å². The number of sulfone groups is 1. The van der Waals surface area contributed by atoms with E-state index in [1.807, 2.05) is 6.07 Å². The third-order valence-electron chi connectivity index (χ3n) is 1.93. The van der Waals surface area contributed by atoms with Gasteiger partial charge in [-0.1, -0.05) is 6.07 Å². The molecular formula is C10H11NO3S. The topological polar surface area (TPSA) is 67.2 Å². The molecule has 0 N–H and O–H groups in total. The highest BCUT2D eigenvalue weighted by atomic mass is 32.2. The molecule has 80 valence electrons. The standard InChI is InChI=1S/C10H11NO3S/c1-14-7-8-3-4-10(15(2,12)13)5-9(8)6-11/h3-5H,7H2,1-2H3. The number of rotatable bonds is 3. The fourth-order valence-electron chi connectivity index (χ4n) is 1.17. The summed E-state index contributed by atoms with van der Waals surface area (Å²) in [5, 5.41) is 8.83. The van der Waals surface area contributed by atoms with Crippen molar-refractivity contribution in [1.29, 1.82) is 5.26 Å². The molecule has 0 spiro atoms. The smallest absolute Gasteiger partial charge is 0.175 e. The summed E-state index contributed by atoms with van der Waals surface area (Å²) < 4.78 is 27.4. The number of benzene rings is 1. The number of nitrogens with zero attached hydrogens (tertiary/aromatic N) is 1. The number of ether oxygens (including phenoxy) is 1. The van der Waals surface area contributed by atoms with Gasteiger partial charge in [0.2, 0.25) is 0 Å². The van der Waals surface area contributed by atoms with E-state index in [4.69, 9.17) is 10.00 Å². The van der Waals surface area contributed by atoms with Crippen LogP contribution in [0.4, 0.5) is 0 Å². The summed E-state index contributed by atoms with van der Waals surface area (Å²) in [6.45, 7) is 0.299. The van der Waals surface area contributed by atoms with Gasteiger partial charge in [0.05, 0.1) is 23.1 Å². The molecule has 0 saturated heterocycles. The molecule has 0 unspecified atom stereocenters. The van der Waals surface area contributed by atoms with E-state index < -0.39 is 9.84 Å². The molecule has 4 nitrogen and oxygen atoms in total. The predicted octanol–water partition coefficient (Wildman–Crippen LogP) is 1.11. The third-order valence-corrected chi connectivity index (χ3v) is 3.04. The summed E-state index contributed by atoms with van der Waals surface area (Å²) in [6.07, 6.45) is 1.11. The highest BCUT2D eigenvalue weighted by Gasteiger charge is 2.10. The molecule has 0 saturated carbocycles. The zero-order valence-corrected chi connectivity index (χ0v) is 9.34. The molecule has 0 aliphatic carbocycles. The van der Waals surface area contributed by atoms with Crippen molar-refractivity contribution in [3.05, 3.63) is 29.3 Å². The quantitative estimate of drug-likeness (QED) is 0.772. The van der Waals surface area contributed by atoms with Gasteiger partial charge in [0.15, 0.2) is 9.84 Å². The van der Waals surface area contributed by atoms with E-state index in [2.05, 4.69) is 0 Å². The number of methoxy groups -OCH3 is 1. The molecule has 0 radical (unpaired) electrons. The van der Waals surface area contributed by atoms with Gasteiger partial charge < -0.3 is 4.74 Å². The molecule has 5 heteroatoms. The summed E-state index contributed by atoms with van der Waals surface area (Å²) in [5.74, 6) is 0. The van der Waals surface area contributed by atoms with Crippen molar-refractivity contribution in [2.24, 2.45) is 0 Å². The molecule has 0 atom stereocenters. The zero-order chi connectivity index (χ0) is 11.5. The molecule has 1 aromatic carbocycles. The third kappa shape index (κ3) is 2.78. The van der Waals surface area contributed by atoms with Gasteiger partial charge in [-0.15, -0.1) is 0 Å². The van der Waals surface area contributed by atoms with Crippen LogP contribution in [-0.4, -0.2) is 21.8 Å². The van der Waals surface area contributed by atoms with E-state index in [1.165, 1.54) is 19.2 Å². The van der Waals surface area contributed by atoms with Gasteiger partial charge >= 0.3 is 0 Å². The lowest BCUT2D eigenvalue weighted by atomic mass is 10.1. The van der Waals surface area contributed by atoms with Gasteiger partial charge in [0.1, 0.15) is 0 Å². The van der Waals surface area contributed by atoms with Gasteiger partial charge in [-0.05, 0) is 17.7 Å². The maximum Gasteiger partial charge on any atom is 0.175 e. The van der Waals surface area contributed by atoms with E-state index in [1.54, 1.807) is 6.07 Å². The Balaban J connectivity index is 3.27. The summed E-state index contributed by atoms with van der Waals surface area (Å²) in [7, 11) is -1.74.